The fraction of sp³-hybridized carbons (Fsp3) is 0.364. The molecule has 1 N–H and O–H groups in total. The van der Waals surface area contributed by atoms with E-state index < -0.39 is 10.0 Å². The highest BCUT2D eigenvalue weighted by atomic mass is 79.9. The topological polar surface area (TPSA) is 64.0 Å². The SMILES string of the molecule is Cc1cc(S(=O)(=O)NC(C)Cn2ccnc2)sc1Br. The van der Waals surface area contributed by atoms with Gasteiger partial charge in [-0.3, -0.25) is 0 Å². The molecule has 2 rings (SSSR count). The molecule has 0 fully saturated rings. The molecule has 0 amide bonds. The van der Waals surface area contributed by atoms with Gasteiger partial charge in [0.05, 0.1) is 10.1 Å². The van der Waals surface area contributed by atoms with Gasteiger partial charge in [0.25, 0.3) is 0 Å². The summed E-state index contributed by atoms with van der Waals surface area (Å²) < 4.78 is 30.1. The van der Waals surface area contributed by atoms with E-state index in [0.717, 1.165) is 9.35 Å². The summed E-state index contributed by atoms with van der Waals surface area (Å²) in [4.78, 5) is 3.93. The molecular weight excluding hydrogens is 350 g/mol. The van der Waals surface area contributed by atoms with Gasteiger partial charge < -0.3 is 4.57 Å². The molecule has 0 aromatic carbocycles. The number of sulfonamides is 1. The Morgan fingerprint density at radius 1 is 1.58 bits per heavy atom. The Morgan fingerprint density at radius 2 is 2.32 bits per heavy atom. The minimum absolute atomic E-state index is 0.208. The van der Waals surface area contributed by atoms with Gasteiger partial charge in [0.2, 0.25) is 10.0 Å². The third-order valence-electron chi connectivity index (χ3n) is 2.50. The van der Waals surface area contributed by atoms with Crippen molar-refractivity contribution in [1.29, 1.82) is 0 Å². The normalized spacial score (nSPS) is 13.6. The van der Waals surface area contributed by atoms with Gasteiger partial charge in [-0.25, -0.2) is 18.1 Å². The summed E-state index contributed by atoms with van der Waals surface area (Å²) in [5.41, 5.74) is 0.924. The van der Waals surface area contributed by atoms with Crippen LogP contribution in [0.5, 0.6) is 0 Å². The van der Waals surface area contributed by atoms with Crippen LogP contribution in [0.15, 0.2) is 32.8 Å². The third kappa shape index (κ3) is 3.65. The summed E-state index contributed by atoms with van der Waals surface area (Å²) in [6, 6.07) is 1.46. The smallest absolute Gasteiger partial charge is 0.250 e. The first-order valence-corrected chi connectivity index (χ1v) is 8.72. The zero-order valence-electron chi connectivity index (χ0n) is 10.5. The summed E-state index contributed by atoms with van der Waals surface area (Å²) in [6.45, 7) is 4.24. The van der Waals surface area contributed by atoms with Crippen LogP contribution in [0.3, 0.4) is 0 Å². The number of nitrogens with one attached hydrogen (secondary N) is 1. The summed E-state index contributed by atoms with van der Waals surface area (Å²) in [6.07, 6.45) is 5.13. The number of aromatic nitrogens is 2. The van der Waals surface area contributed by atoms with Crippen molar-refractivity contribution < 1.29 is 8.42 Å². The van der Waals surface area contributed by atoms with E-state index in [4.69, 9.17) is 0 Å². The van der Waals surface area contributed by atoms with Gasteiger partial charge in [0, 0.05) is 25.0 Å². The minimum atomic E-state index is -3.46. The number of hydrogen-bond donors (Lipinski definition) is 1. The Hall–Kier alpha value is -0.700. The Bertz CT molecular complexity index is 630. The molecule has 8 heteroatoms. The molecule has 0 aliphatic carbocycles. The second-order valence-electron chi connectivity index (χ2n) is 4.30. The Labute approximate surface area is 124 Å². The van der Waals surface area contributed by atoms with Crippen molar-refractivity contribution in [2.75, 3.05) is 0 Å². The molecule has 19 heavy (non-hydrogen) atoms. The maximum atomic E-state index is 12.2. The van der Waals surface area contributed by atoms with Crippen molar-refractivity contribution in [2.24, 2.45) is 0 Å². The van der Waals surface area contributed by atoms with Gasteiger partial charge in [-0.2, -0.15) is 0 Å². The van der Waals surface area contributed by atoms with E-state index >= 15 is 0 Å². The quantitative estimate of drug-likeness (QED) is 0.886. The zero-order valence-corrected chi connectivity index (χ0v) is 13.7. The molecule has 1 unspecified atom stereocenters. The largest absolute Gasteiger partial charge is 0.336 e. The molecule has 0 saturated carbocycles. The third-order valence-corrected chi connectivity index (χ3v) is 6.70. The van der Waals surface area contributed by atoms with Crippen LogP contribution < -0.4 is 4.72 Å². The van der Waals surface area contributed by atoms with Gasteiger partial charge in [0.1, 0.15) is 4.21 Å². The molecule has 2 heterocycles. The lowest BCUT2D eigenvalue weighted by molar-refractivity contribution is 0.521. The van der Waals surface area contributed by atoms with Crippen LogP contribution in [0.25, 0.3) is 0 Å². The molecule has 0 aliphatic heterocycles. The fourth-order valence-corrected chi connectivity index (χ4v) is 5.11. The Morgan fingerprint density at radius 3 is 2.84 bits per heavy atom. The lowest BCUT2D eigenvalue weighted by atomic mass is 10.4. The molecule has 0 radical (unpaired) electrons. The number of imidazole rings is 1. The van der Waals surface area contributed by atoms with Crippen LogP contribution in [0.2, 0.25) is 0 Å². The van der Waals surface area contributed by atoms with Crippen molar-refractivity contribution in [1.82, 2.24) is 14.3 Å². The number of thiophene rings is 1. The number of halogens is 1. The Kier molecular flexibility index (Phi) is 4.44. The van der Waals surface area contributed by atoms with Crippen molar-refractivity contribution in [3.63, 3.8) is 0 Å². The van der Waals surface area contributed by atoms with E-state index in [2.05, 4.69) is 25.6 Å². The minimum Gasteiger partial charge on any atom is -0.336 e. The summed E-state index contributed by atoms with van der Waals surface area (Å²) in [7, 11) is -3.46. The lowest BCUT2D eigenvalue weighted by Gasteiger charge is -2.13. The first-order valence-electron chi connectivity index (χ1n) is 5.62. The van der Waals surface area contributed by atoms with E-state index in [1.165, 1.54) is 11.3 Å². The number of nitrogens with zero attached hydrogens (tertiary/aromatic N) is 2. The average molecular weight is 364 g/mol. The molecule has 1 atom stereocenters. The number of aryl methyl sites for hydroxylation is 1. The van der Waals surface area contributed by atoms with E-state index in [9.17, 15) is 8.42 Å². The van der Waals surface area contributed by atoms with Crippen LogP contribution in [0.1, 0.15) is 12.5 Å². The second-order valence-corrected chi connectivity index (χ2v) is 8.61. The fourth-order valence-electron chi connectivity index (χ4n) is 1.64. The highest BCUT2D eigenvalue weighted by Crippen LogP contribution is 2.30. The molecular formula is C11H14BrN3O2S2. The highest BCUT2D eigenvalue weighted by molar-refractivity contribution is 9.11. The molecule has 2 aromatic heterocycles. The Balaban J connectivity index is 2.08. The number of rotatable bonds is 5. The molecule has 0 aliphatic rings. The molecule has 0 bridgehead atoms. The molecule has 2 aromatic rings. The van der Waals surface area contributed by atoms with Crippen molar-refractivity contribution in [3.8, 4) is 0 Å². The van der Waals surface area contributed by atoms with Gasteiger partial charge >= 0.3 is 0 Å². The maximum absolute atomic E-state index is 12.2. The second kappa shape index (κ2) is 5.74. The van der Waals surface area contributed by atoms with Crippen LogP contribution in [-0.4, -0.2) is 24.0 Å². The van der Waals surface area contributed by atoms with E-state index in [1.54, 1.807) is 24.8 Å². The monoisotopic (exact) mass is 363 g/mol. The predicted molar refractivity (Wildman–Crippen MR) is 78.8 cm³/mol. The van der Waals surface area contributed by atoms with Crippen LogP contribution in [0.4, 0.5) is 0 Å². The molecule has 104 valence electrons. The van der Waals surface area contributed by atoms with Crippen molar-refractivity contribution in [2.45, 2.75) is 30.6 Å². The van der Waals surface area contributed by atoms with Gasteiger partial charge in [0.15, 0.2) is 0 Å². The summed E-state index contributed by atoms with van der Waals surface area (Å²) in [5.74, 6) is 0. The maximum Gasteiger partial charge on any atom is 0.250 e. The summed E-state index contributed by atoms with van der Waals surface area (Å²) >= 11 is 4.56. The predicted octanol–water partition coefficient (Wildman–Crippen LogP) is 2.38. The van der Waals surface area contributed by atoms with Crippen LogP contribution >= 0.6 is 27.3 Å². The standard InChI is InChI=1S/C11H14BrN3O2S2/c1-8-5-10(18-11(8)12)19(16,17)14-9(2)6-15-4-3-13-7-15/h3-5,7,9,14H,6H2,1-2H3. The average Bonchev–Trinajstić information content (AvgIpc) is 2.89. The zero-order chi connectivity index (χ0) is 14.0. The van der Waals surface area contributed by atoms with Gasteiger partial charge in [-0.1, -0.05) is 0 Å². The van der Waals surface area contributed by atoms with Crippen LogP contribution in [0, 0.1) is 6.92 Å². The van der Waals surface area contributed by atoms with E-state index in [0.29, 0.717) is 10.8 Å². The van der Waals surface area contributed by atoms with E-state index in [-0.39, 0.29) is 6.04 Å². The highest BCUT2D eigenvalue weighted by Gasteiger charge is 2.20. The molecule has 5 nitrogen and oxygen atoms in total. The van der Waals surface area contributed by atoms with E-state index in [1.807, 2.05) is 18.4 Å². The van der Waals surface area contributed by atoms with Gasteiger partial charge in [-0.15, -0.1) is 11.3 Å². The first kappa shape index (κ1) is 14.7. The molecule has 0 saturated heterocycles. The van der Waals surface area contributed by atoms with Crippen LogP contribution in [-0.2, 0) is 16.6 Å². The van der Waals surface area contributed by atoms with Crippen molar-refractivity contribution in [3.05, 3.63) is 34.1 Å². The summed E-state index contributed by atoms with van der Waals surface area (Å²) in [5, 5.41) is 0. The first-order chi connectivity index (χ1) is 8.88. The van der Waals surface area contributed by atoms with Crippen molar-refractivity contribution >= 4 is 37.3 Å². The molecule has 0 spiro atoms. The van der Waals surface area contributed by atoms with Gasteiger partial charge in [-0.05, 0) is 41.4 Å². The number of hydrogen-bond acceptors (Lipinski definition) is 4. The lowest BCUT2D eigenvalue weighted by Crippen LogP contribution is -2.35.